The molecule has 30 heavy (non-hydrogen) atoms. The zero-order chi connectivity index (χ0) is 21.0. The minimum Gasteiger partial charge on any atom is -0.347 e. The van der Waals surface area contributed by atoms with E-state index in [1.165, 1.54) is 17.3 Å². The van der Waals surface area contributed by atoms with Gasteiger partial charge in [0.25, 0.3) is 0 Å². The van der Waals surface area contributed by atoms with Crippen LogP contribution in [0.2, 0.25) is 0 Å². The number of rotatable bonds is 3. The van der Waals surface area contributed by atoms with Crippen LogP contribution in [0, 0.1) is 0 Å². The first-order chi connectivity index (χ1) is 14.4. The van der Waals surface area contributed by atoms with E-state index >= 15 is 0 Å². The van der Waals surface area contributed by atoms with Crippen LogP contribution in [0.3, 0.4) is 0 Å². The summed E-state index contributed by atoms with van der Waals surface area (Å²) in [5, 5.41) is 2.27. The summed E-state index contributed by atoms with van der Waals surface area (Å²) < 4.78 is 0. The van der Waals surface area contributed by atoms with Gasteiger partial charge in [-0.05, 0) is 40.6 Å². The van der Waals surface area contributed by atoms with Gasteiger partial charge in [0.1, 0.15) is 0 Å². The zero-order valence-corrected chi connectivity index (χ0v) is 17.9. The third-order valence-corrected chi connectivity index (χ3v) is 7.16. The van der Waals surface area contributed by atoms with Gasteiger partial charge in [-0.2, -0.15) is 0 Å². The SMILES string of the molecule is CN1/C(=C\c2c(Sc3ccc4ccccc4c3)c(=O)c2=O)C(C)(C)c2ccccc21. The van der Waals surface area contributed by atoms with E-state index in [1.54, 1.807) is 0 Å². The number of nitrogens with zero attached hydrogens (tertiary/aromatic N) is 1. The normalized spacial score (nSPS) is 16.5. The highest BCUT2D eigenvalue weighted by atomic mass is 32.2. The van der Waals surface area contributed by atoms with E-state index in [9.17, 15) is 9.59 Å². The molecule has 0 saturated heterocycles. The van der Waals surface area contributed by atoms with Crippen LogP contribution in [-0.2, 0) is 5.41 Å². The molecule has 0 radical (unpaired) electrons. The van der Waals surface area contributed by atoms with Crippen molar-refractivity contribution in [3.05, 3.63) is 104 Å². The van der Waals surface area contributed by atoms with Crippen LogP contribution >= 0.6 is 11.8 Å². The number of hydrogen-bond donors (Lipinski definition) is 0. The molecule has 0 spiro atoms. The number of anilines is 1. The van der Waals surface area contributed by atoms with Gasteiger partial charge in [0.15, 0.2) is 0 Å². The fourth-order valence-corrected chi connectivity index (χ4v) is 5.37. The Morgan fingerprint density at radius 3 is 2.33 bits per heavy atom. The molecule has 4 aromatic carbocycles. The standard InChI is InChI=1S/C26H21NO2S/c1-26(2)20-10-6-7-11-21(20)27(3)22(26)15-19-23(28)24(29)25(19)30-18-13-12-16-8-4-5-9-17(16)14-18/h4-15H,1-3H3/b22-15-. The summed E-state index contributed by atoms with van der Waals surface area (Å²) in [4.78, 5) is 28.5. The van der Waals surface area contributed by atoms with Crippen molar-refractivity contribution in [2.45, 2.75) is 29.1 Å². The minimum atomic E-state index is -0.397. The molecule has 1 aliphatic heterocycles. The van der Waals surface area contributed by atoms with Crippen molar-refractivity contribution in [3.63, 3.8) is 0 Å². The second-order valence-corrected chi connectivity index (χ2v) is 9.33. The molecule has 4 heteroatoms. The Hall–Kier alpha value is -3.11. The topological polar surface area (TPSA) is 37.4 Å². The van der Waals surface area contributed by atoms with Crippen LogP contribution in [0.15, 0.2) is 91.8 Å². The summed E-state index contributed by atoms with van der Waals surface area (Å²) in [5.74, 6) is 0. The number of para-hydroxylation sites is 1. The first-order valence-electron chi connectivity index (χ1n) is 9.93. The molecule has 0 aliphatic carbocycles. The largest absolute Gasteiger partial charge is 0.347 e. The highest BCUT2D eigenvalue weighted by Crippen LogP contribution is 2.47. The third kappa shape index (κ3) is 2.75. The minimum absolute atomic E-state index is 0.240. The van der Waals surface area contributed by atoms with E-state index in [2.05, 4.69) is 49.1 Å². The fraction of sp³-hybridized carbons (Fsp3) is 0.154. The van der Waals surface area contributed by atoms with E-state index in [0.717, 1.165) is 27.1 Å². The maximum Gasteiger partial charge on any atom is 0.240 e. The Morgan fingerprint density at radius 2 is 1.57 bits per heavy atom. The second kappa shape index (κ2) is 6.71. The van der Waals surface area contributed by atoms with Crippen LogP contribution in [0.5, 0.6) is 0 Å². The maximum absolute atomic E-state index is 12.5. The van der Waals surface area contributed by atoms with E-state index in [1.807, 2.05) is 49.5 Å². The molecule has 0 bridgehead atoms. The summed E-state index contributed by atoms with van der Waals surface area (Å²) in [5.41, 5.74) is 2.87. The van der Waals surface area contributed by atoms with E-state index < -0.39 is 10.9 Å². The monoisotopic (exact) mass is 411 g/mol. The highest BCUT2D eigenvalue weighted by Gasteiger charge is 2.39. The second-order valence-electron chi connectivity index (χ2n) is 8.24. The Balaban J connectivity index is 1.55. The van der Waals surface area contributed by atoms with Crippen LogP contribution in [-0.4, -0.2) is 7.05 Å². The number of benzene rings is 3. The van der Waals surface area contributed by atoms with E-state index in [4.69, 9.17) is 0 Å². The number of likely N-dealkylation sites (N-methyl/N-ethyl adjacent to an activating group) is 1. The van der Waals surface area contributed by atoms with Crippen molar-refractivity contribution in [2.75, 3.05) is 11.9 Å². The molecule has 0 unspecified atom stereocenters. The van der Waals surface area contributed by atoms with Crippen molar-refractivity contribution in [1.82, 2.24) is 0 Å². The number of hydrogen-bond acceptors (Lipinski definition) is 4. The molecule has 1 heterocycles. The van der Waals surface area contributed by atoms with Gasteiger partial charge in [-0.3, -0.25) is 9.59 Å². The van der Waals surface area contributed by atoms with Gasteiger partial charge >= 0.3 is 0 Å². The molecule has 148 valence electrons. The van der Waals surface area contributed by atoms with Crippen molar-refractivity contribution >= 4 is 34.3 Å². The van der Waals surface area contributed by atoms with Crippen LogP contribution in [0.1, 0.15) is 25.0 Å². The van der Waals surface area contributed by atoms with Gasteiger partial charge in [0, 0.05) is 34.3 Å². The Bertz CT molecular complexity index is 1410. The molecule has 3 nitrogen and oxygen atoms in total. The molecule has 0 fully saturated rings. The molecule has 0 amide bonds. The lowest BCUT2D eigenvalue weighted by atomic mass is 9.83. The Labute approximate surface area is 179 Å². The smallest absolute Gasteiger partial charge is 0.240 e. The van der Waals surface area contributed by atoms with Gasteiger partial charge in [-0.15, -0.1) is 0 Å². The Kier molecular flexibility index (Phi) is 4.23. The van der Waals surface area contributed by atoms with Gasteiger partial charge in [-0.25, -0.2) is 0 Å². The van der Waals surface area contributed by atoms with Crippen molar-refractivity contribution < 1.29 is 0 Å². The first-order valence-corrected chi connectivity index (χ1v) is 10.7. The maximum atomic E-state index is 12.5. The van der Waals surface area contributed by atoms with Crippen LogP contribution in [0.25, 0.3) is 16.8 Å². The summed E-state index contributed by atoms with van der Waals surface area (Å²) in [6.07, 6.45) is 1.91. The summed E-state index contributed by atoms with van der Waals surface area (Å²) in [6.45, 7) is 4.31. The van der Waals surface area contributed by atoms with Crippen molar-refractivity contribution in [1.29, 1.82) is 0 Å². The molecule has 5 rings (SSSR count). The van der Waals surface area contributed by atoms with Crippen LogP contribution < -0.4 is 15.8 Å². The van der Waals surface area contributed by atoms with Crippen LogP contribution in [0.4, 0.5) is 5.69 Å². The molecular formula is C26H21NO2S. The lowest BCUT2D eigenvalue weighted by Gasteiger charge is -2.24. The van der Waals surface area contributed by atoms with E-state index in [-0.39, 0.29) is 5.41 Å². The van der Waals surface area contributed by atoms with E-state index in [0.29, 0.717) is 10.5 Å². The number of allylic oxidation sites excluding steroid dienone is 1. The van der Waals surface area contributed by atoms with Gasteiger partial charge in [0.2, 0.25) is 10.9 Å². The summed E-state index contributed by atoms with van der Waals surface area (Å²) in [6, 6.07) is 22.5. The zero-order valence-electron chi connectivity index (χ0n) is 17.1. The average molecular weight is 412 g/mol. The summed E-state index contributed by atoms with van der Waals surface area (Å²) in [7, 11) is 2.01. The molecule has 4 aromatic rings. The first kappa shape index (κ1) is 18.9. The fourth-order valence-electron chi connectivity index (χ4n) is 4.37. The molecule has 0 N–H and O–H groups in total. The average Bonchev–Trinajstić information content (AvgIpc) is 2.96. The highest BCUT2D eigenvalue weighted by molar-refractivity contribution is 7.99. The third-order valence-electron chi connectivity index (χ3n) is 6.06. The lowest BCUT2D eigenvalue weighted by molar-refractivity contribution is 0.644. The number of fused-ring (bicyclic) bond motifs is 2. The molecule has 0 saturated carbocycles. The van der Waals surface area contributed by atoms with Crippen molar-refractivity contribution in [3.8, 4) is 0 Å². The molecule has 0 aromatic heterocycles. The van der Waals surface area contributed by atoms with Gasteiger partial charge in [-0.1, -0.05) is 74.1 Å². The van der Waals surface area contributed by atoms with Gasteiger partial charge < -0.3 is 4.90 Å². The molecule has 1 aliphatic rings. The molecule has 0 atom stereocenters. The summed E-state index contributed by atoms with van der Waals surface area (Å²) >= 11 is 1.38. The Morgan fingerprint density at radius 1 is 0.867 bits per heavy atom. The predicted molar refractivity (Wildman–Crippen MR) is 125 cm³/mol. The molecular weight excluding hydrogens is 390 g/mol. The van der Waals surface area contributed by atoms with Gasteiger partial charge in [0.05, 0.1) is 4.90 Å². The predicted octanol–water partition coefficient (Wildman–Crippen LogP) is 5.36. The van der Waals surface area contributed by atoms with Crippen molar-refractivity contribution in [2.24, 2.45) is 0 Å². The quantitative estimate of drug-likeness (QED) is 0.426. The lowest BCUT2D eigenvalue weighted by Crippen LogP contribution is -2.36.